The second-order valence-corrected chi connectivity index (χ2v) is 5.06. The average Bonchev–Trinajstić information content (AvgIpc) is 2.58. The number of H-pyrrole nitrogens is 1. The number of rotatable bonds is 3. The molecule has 0 unspecified atom stereocenters. The van der Waals surface area contributed by atoms with Crippen molar-refractivity contribution in [1.82, 2.24) is 9.55 Å². The van der Waals surface area contributed by atoms with E-state index in [1.54, 1.807) is 18.2 Å². The number of hydrogen-bond acceptors (Lipinski definition) is 3. The largest absolute Gasteiger partial charge is 0.333 e. The summed E-state index contributed by atoms with van der Waals surface area (Å²) in [5.74, 6) is -2.72. The molecule has 0 aliphatic heterocycles. The molecule has 0 bridgehead atoms. The molecule has 0 radical (unpaired) electrons. The Kier molecular flexibility index (Phi) is 4.25. The van der Waals surface area contributed by atoms with E-state index in [0.717, 1.165) is 22.9 Å². The minimum Gasteiger partial charge on any atom is -0.319 e. The van der Waals surface area contributed by atoms with Crippen LogP contribution in [-0.4, -0.2) is 15.5 Å². The molecule has 0 fully saturated rings. The summed E-state index contributed by atoms with van der Waals surface area (Å²) < 4.78 is 27.3. The van der Waals surface area contributed by atoms with Crippen LogP contribution in [0.15, 0.2) is 64.3 Å². The van der Waals surface area contributed by atoms with Gasteiger partial charge in [0.05, 0.1) is 11.4 Å². The van der Waals surface area contributed by atoms with Crippen molar-refractivity contribution >= 4 is 11.6 Å². The van der Waals surface area contributed by atoms with Gasteiger partial charge in [-0.3, -0.25) is 9.59 Å². The third-order valence-corrected chi connectivity index (χ3v) is 3.41. The number of benzene rings is 2. The Labute approximate surface area is 139 Å². The predicted molar refractivity (Wildman–Crippen MR) is 87.0 cm³/mol. The molecule has 3 aromatic rings. The monoisotopic (exact) mass is 343 g/mol. The highest BCUT2D eigenvalue weighted by Crippen LogP contribution is 2.15. The van der Waals surface area contributed by atoms with Crippen molar-refractivity contribution in [2.45, 2.75) is 0 Å². The highest BCUT2D eigenvalue weighted by Gasteiger charge is 2.17. The fraction of sp³-hybridized carbons (Fsp3) is 0. The fourth-order valence-electron chi connectivity index (χ4n) is 2.23. The van der Waals surface area contributed by atoms with Crippen LogP contribution in [0.1, 0.15) is 10.4 Å². The Bertz CT molecular complexity index is 1060. The van der Waals surface area contributed by atoms with Gasteiger partial charge >= 0.3 is 5.69 Å². The van der Waals surface area contributed by atoms with Gasteiger partial charge in [0, 0.05) is 12.3 Å². The number of carbonyl (C=O) groups excluding carboxylic acids is 1. The Balaban J connectivity index is 2.02. The molecule has 0 saturated heterocycles. The average molecular weight is 343 g/mol. The van der Waals surface area contributed by atoms with Crippen LogP contribution in [0.25, 0.3) is 5.69 Å². The SMILES string of the molecule is O=C(Nc1ccc(F)cc1F)c1c[nH]c(=O)n(-c2ccccc2)c1=O. The maximum Gasteiger partial charge on any atom is 0.333 e. The van der Waals surface area contributed by atoms with E-state index in [-0.39, 0.29) is 11.4 Å². The normalized spacial score (nSPS) is 10.5. The Hall–Kier alpha value is -3.55. The van der Waals surface area contributed by atoms with Crippen LogP contribution in [0.3, 0.4) is 0 Å². The van der Waals surface area contributed by atoms with Gasteiger partial charge in [-0.25, -0.2) is 18.1 Å². The number of amides is 1. The van der Waals surface area contributed by atoms with Gasteiger partial charge in [0.25, 0.3) is 11.5 Å². The van der Waals surface area contributed by atoms with Gasteiger partial charge in [0.2, 0.25) is 0 Å². The van der Waals surface area contributed by atoms with E-state index in [4.69, 9.17) is 0 Å². The number of aromatic amines is 1. The third-order valence-electron chi connectivity index (χ3n) is 3.41. The van der Waals surface area contributed by atoms with Crippen LogP contribution in [0, 0.1) is 11.6 Å². The summed E-state index contributed by atoms with van der Waals surface area (Å²) in [7, 11) is 0. The van der Waals surface area contributed by atoms with E-state index in [9.17, 15) is 23.2 Å². The maximum absolute atomic E-state index is 13.6. The van der Waals surface area contributed by atoms with Gasteiger partial charge in [0.1, 0.15) is 17.2 Å². The number of nitrogens with zero attached hydrogens (tertiary/aromatic N) is 1. The molecule has 126 valence electrons. The topological polar surface area (TPSA) is 84.0 Å². The quantitative estimate of drug-likeness (QED) is 0.763. The van der Waals surface area contributed by atoms with E-state index in [2.05, 4.69) is 10.3 Å². The van der Waals surface area contributed by atoms with Crippen molar-refractivity contribution in [2.24, 2.45) is 0 Å². The first-order valence-electron chi connectivity index (χ1n) is 7.14. The Morgan fingerprint density at radius 3 is 2.44 bits per heavy atom. The Morgan fingerprint density at radius 2 is 1.76 bits per heavy atom. The zero-order valence-corrected chi connectivity index (χ0v) is 12.6. The third kappa shape index (κ3) is 3.23. The number of halogens is 2. The zero-order valence-electron chi connectivity index (χ0n) is 12.6. The lowest BCUT2D eigenvalue weighted by Gasteiger charge is -2.08. The van der Waals surface area contributed by atoms with E-state index >= 15 is 0 Å². The van der Waals surface area contributed by atoms with Crippen LogP contribution in [-0.2, 0) is 0 Å². The summed E-state index contributed by atoms with van der Waals surface area (Å²) in [6, 6.07) is 10.6. The summed E-state index contributed by atoms with van der Waals surface area (Å²) in [6.45, 7) is 0. The van der Waals surface area contributed by atoms with Crippen molar-refractivity contribution < 1.29 is 13.6 Å². The minimum atomic E-state index is -0.985. The molecule has 1 amide bonds. The maximum atomic E-state index is 13.6. The molecule has 8 heteroatoms. The molecule has 2 aromatic carbocycles. The first-order valence-corrected chi connectivity index (χ1v) is 7.14. The molecular weight excluding hydrogens is 332 g/mol. The molecule has 1 aromatic heterocycles. The smallest absolute Gasteiger partial charge is 0.319 e. The van der Waals surface area contributed by atoms with Crippen LogP contribution < -0.4 is 16.6 Å². The highest BCUT2D eigenvalue weighted by atomic mass is 19.1. The fourth-order valence-corrected chi connectivity index (χ4v) is 2.23. The summed E-state index contributed by atoms with van der Waals surface area (Å²) in [6.07, 6.45) is 0.945. The van der Waals surface area contributed by atoms with Crippen LogP contribution in [0.4, 0.5) is 14.5 Å². The van der Waals surface area contributed by atoms with Crippen LogP contribution in [0.5, 0.6) is 0 Å². The van der Waals surface area contributed by atoms with Gasteiger partial charge in [0.15, 0.2) is 0 Å². The molecule has 2 N–H and O–H groups in total. The van der Waals surface area contributed by atoms with Crippen LogP contribution >= 0.6 is 0 Å². The highest BCUT2D eigenvalue weighted by molar-refractivity contribution is 6.03. The molecule has 0 atom stereocenters. The Morgan fingerprint density at radius 1 is 1.04 bits per heavy atom. The van der Waals surface area contributed by atoms with Crippen molar-refractivity contribution in [3.8, 4) is 5.69 Å². The second kappa shape index (κ2) is 6.52. The summed E-state index contributed by atoms with van der Waals surface area (Å²) in [5.41, 5.74) is -2.00. The van der Waals surface area contributed by atoms with Crippen LogP contribution in [0.2, 0.25) is 0 Å². The lowest BCUT2D eigenvalue weighted by Crippen LogP contribution is -2.38. The van der Waals surface area contributed by atoms with E-state index < -0.39 is 34.4 Å². The van der Waals surface area contributed by atoms with E-state index in [1.807, 2.05) is 0 Å². The van der Waals surface area contributed by atoms with Gasteiger partial charge in [-0.2, -0.15) is 0 Å². The standard InChI is InChI=1S/C17H11F2N3O3/c18-10-6-7-14(13(19)8-10)21-15(23)12-9-20-17(25)22(16(12)24)11-4-2-1-3-5-11/h1-9H,(H,20,25)(H,21,23). The van der Waals surface area contributed by atoms with Crippen molar-refractivity contribution in [1.29, 1.82) is 0 Å². The summed E-state index contributed by atoms with van der Waals surface area (Å²) in [5, 5.41) is 2.18. The lowest BCUT2D eigenvalue weighted by molar-refractivity contribution is 0.102. The van der Waals surface area contributed by atoms with Crippen molar-refractivity contribution in [2.75, 3.05) is 5.32 Å². The molecule has 0 spiro atoms. The van der Waals surface area contributed by atoms with Gasteiger partial charge in [-0.1, -0.05) is 18.2 Å². The van der Waals surface area contributed by atoms with Crippen molar-refractivity contribution in [3.63, 3.8) is 0 Å². The molecule has 25 heavy (non-hydrogen) atoms. The molecular formula is C17H11F2N3O3. The number of carbonyl (C=O) groups is 1. The molecule has 0 aliphatic rings. The van der Waals surface area contributed by atoms with Crippen molar-refractivity contribution in [3.05, 3.63) is 92.8 Å². The molecule has 3 rings (SSSR count). The summed E-state index contributed by atoms with van der Waals surface area (Å²) in [4.78, 5) is 39.0. The lowest BCUT2D eigenvalue weighted by atomic mass is 10.2. The molecule has 6 nitrogen and oxygen atoms in total. The number of nitrogens with one attached hydrogen (secondary N) is 2. The second-order valence-electron chi connectivity index (χ2n) is 5.06. The minimum absolute atomic E-state index is 0.274. The predicted octanol–water partition coefficient (Wildman–Crippen LogP) is 2.06. The summed E-state index contributed by atoms with van der Waals surface area (Å²) >= 11 is 0. The molecule has 1 heterocycles. The zero-order chi connectivity index (χ0) is 18.0. The van der Waals surface area contributed by atoms with Gasteiger partial charge in [-0.15, -0.1) is 0 Å². The molecule has 0 saturated carbocycles. The molecule has 0 aliphatic carbocycles. The van der Waals surface area contributed by atoms with Gasteiger partial charge in [-0.05, 0) is 24.3 Å². The first-order chi connectivity index (χ1) is 12.0. The number of aromatic nitrogens is 2. The first kappa shape index (κ1) is 16.3. The number of anilines is 1. The van der Waals surface area contributed by atoms with E-state index in [0.29, 0.717) is 6.07 Å². The van der Waals surface area contributed by atoms with Gasteiger partial charge < -0.3 is 10.3 Å². The number of hydrogen-bond donors (Lipinski definition) is 2. The number of para-hydroxylation sites is 1. The van der Waals surface area contributed by atoms with E-state index in [1.165, 1.54) is 12.1 Å².